The molecule has 4 nitrogen and oxygen atoms in total. The molecule has 1 aromatic carbocycles. The summed E-state index contributed by atoms with van der Waals surface area (Å²) >= 11 is 0. The minimum absolute atomic E-state index is 0.312. The Morgan fingerprint density at radius 2 is 2.12 bits per heavy atom. The highest BCUT2D eigenvalue weighted by Gasteiger charge is 2.12. The van der Waals surface area contributed by atoms with Gasteiger partial charge < -0.3 is 5.32 Å². The van der Waals surface area contributed by atoms with Gasteiger partial charge in [0.2, 0.25) is 0 Å². The van der Waals surface area contributed by atoms with Gasteiger partial charge in [0.15, 0.2) is 0 Å². The molecule has 0 aromatic heterocycles. The minimum Gasteiger partial charge on any atom is -0.384 e. The number of halogens is 1. The van der Waals surface area contributed by atoms with Crippen molar-refractivity contribution in [3.63, 3.8) is 0 Å². The number of amides is 1. The van der Waals surface area contributed by atoms with Crippen LogP contribution in [0.1, 0.15) is 23.7 Å². The number of hydrazine groups is 1. The first-order valence-corrected chi connectivity index (χ1v) is 5.56. The van der Waals surface area contributed by atoms with Gasteiger partial charge in [-0.05, 0) is 24.6 Å². The van der Waals surface area contributed by atoms with E-state index in [2.05, 4.69) is 10.7 Å². The third kappa shape index (κ3) is 4.03. The van der Waals surface area contributed by atoms with Gasteiger partial charge in [-0.2, -0.15) is 0 Å². The van der Waals surface area contributed by atoms with E-state index in [1.165, 1.54) is 17.1 Å². The molecule has 1 amide bonds. The largest absolute Gasteiger partial charge is 0.384 e. The predicted octanol–water partition coefficient (Wildman–Crippen LogP) is 1.85. The molecule has 94 valence electrons. The molecule has 0 unspecified atom stereocenters. The zero-order chi connectivity index (χ0) is 12.8. The molecule has 0 saturated heterocycles. The Morgan fingerprint density at radius 1 is 1.41 bits per heavy atom. The van der Waals surface area contributed by atoms with Crippen LogP contribution in [0.2, 0.25) is 0 Å². The Hall–Kier alpha value is -1.62. The Labute approximate surface area is 101 Å². The molecular weight excluding hydrogens is 221 g/mol. The first-order valence-electron chi connectivity index (χ1n) is 5.56. The Bertz CT molecular complexity index is 393. The second-order valence-electron chi connectivity index (χ2n) is 3.95. The molecule has 0 saturated carbocycles. The van der Waals surface area contributed by atoms with Gasteiger partial charge in [-0.15, -0.1) is 0 Å². The van der Waals surface area contributed by atoms with E-state index in [-0.39, 0.29) is 5.91 Å². The Balaban J connectivity index is 2.93. The summed E-state index contributed by atoms with van der Waals surface area (Å²) in [5, 5.41) is 4.62. The third-order valence-corrected chi connectivity index (χ3v) is 2.12. The fourth-order valence-corrected chi connectivity index (χ4v) is 1.38. The van der Waals surface area contributed by atoms with E-state index in [9.17, 15) is 9.18 Å². The number of carbonyl (C=O) groups is 1. The van der Waals surface area contributed by atoms with E-state index in [0.29, 0.717) is 11.3 Å². The molecule has 5 heteroatoms. The van der Waals surface area contributed by atoms with Gasteiger partial charge in [-0.25, -0.2) is 9.40 Å². The lowest BCUT2D eigenvalue weighted by atomic mass is 10.1. The SMILES string of the molecule is CCCNc1ccc(F)cc1C(=O)NN(C)C. The monoisotopic (exact) mass is 239 g/mol. The third-order valence-electron chi connectivity index (χ3n) is 2.12. The quantitative estimate of drug-likeness (QED) is 0.771. The van der Waals surface area contributed by atoms with E-state index in [1.807, 2.05) is 6.92 Å². The molecule has 0 atom stereocenters. The first kappa shape index (κ1) is 13.4. The molecule has 17 heavy (non-hydrogen) atoms. The highest BCUT2D eigenvalue weighted by Crippen LogP contribution is 2.17. The molecule has 0 radical (unpaired) electrons. The molecule has 1 rings (SSSR count). The predicted molar refractivity (Wildman–Crippen MR) is 66.3 cm³/mol. The molecule has 0 aliphatic heterocycles. The maximum absolute atomic E-state index is 13.1. The van der Waals surface area contributed by atoms with Crippen molar-refractivity contribution in [3.8, 4) is 0 Å². The van der Waals surface area contributed by atoms with Crippen LogP contribution in [0.5, 0.6) is 0 Å². The number of benzene rings is 1. The second-order valence-corrected chi connectivity index (χ2v) is 3.95. The summed E-state index contributed by atoms with van der Waals surface area (Å²) in [4.78, 5) is 11.8. The summed E-state index contributed by atoms with van der Waals surface area (Å²) in [6.07, 6.45) is 0.937. The Kier molecular flexibility index (Phi) is 4.90. The van der Waals surface area contributed by atoms with Crippen LogP contribution >= 0.6 is 0 Å². The summed E-state index contributed by atoms with van der Waals surface area (Å²) in [5.74, 6) is -0.746. The van der Waals surface area contributed by atoms with Gasteiger partial charge in [-0.3, -0.25) is 10.2 Å². The van der Waals surface area contributed by atoms with Crippen molar-refractivity contribution < 1.29 is 9.18 Å². The van der Waals surface area contributed by atoms with Crippen molar-refractivity contribution in [1.29, 1.82) is 0 Å². The summed E-state index contributed by atoms with van der Waals surface area (Å²) in [5.41, 5.74) is 3.55. The van der Waals surface area contributed by atoms with Crippen LogP contribution < -0.4 is 10.7 Å². The van der Waals surface area contributed by atoms with Crippen molar-refractivity contribution in [3.05, 3.63) is 29.6 Å². The highest BCUT2D eigenvalue weighted by molar-refractivity contribution is 5.99. The number of hydrogen-bond acceptors (Lipinski definition) is 3. The number of nitrogens with one attached hydrogen (secondary N) is 2. The topological polar surface area (TPSA) is 44.4 Å². The van der Waals surface area contributed by atoms with Gasteiger partial charge in [0.25, 0.3) is 5.91 Å². The van der Waals surface area contributed by atoms with Crippen molar-refractivity contribution >= 4 is 11.6 Å². The molecule has 2 N–H and O–H groups in total. The van der Waals surface area contributed by atoms with Crippen LogP contribution in [0.3, 0.4) is 0 Å². The number of anilines is 1. The van der Waals surface area contributed by atoms with E-state index >= 15 is 0 Å². The average molecular weight is 239 g/mol. The van der Waals surface area contributed by atoms with Crippen LogP contribution in [0.4, 0.5) is 10.1 Å². The zero-order valence-corrected chi connectivity index (χ0v) is 10.4. The van der Waals surface area contributed by atoms with Gasteiger partial charge in [-0.1, -0.05) is 6.92 Å². The summed E-state index contributed by atoms with van der Waals surface area (Å²) < 4.78 is 13.1. The second kappa shape index (κ2) is 6.20. The van der Waals surface area contributed by atoms with Crippen LogP contribution in [0.15, 0.2) is 18.2 Å². The van der Waals surface area contributed by atoms with Gasteiger partial charge in [0.05, 0.1) is 5.56 Å². The van der Waals surface area contributed by atoms with Crippen LogP contribution in [0.25, 0.3) is 0 Å². The molecule has 0 aliphatic carbocycles. The molecule has 0 spiro atoms. The normalized spacial score (nSPS) is 10.4. The lowest BCUT2D eigenvalue weighted by Crippen LogP contribution is -2.36. The van der Waals surface area contributed by atoms with Crippen LogP contribution in [-0.4, -0.2) is 31.6 Å². The lowest BCUT2D eigenvalue weighted by molar-refractivity contribution is 0.0857. The number of hydrogen-bond donors (Lipinski definition) is 2. The van der Waals surface area contributed by atoms with Crippen molar-refractivity contribution in [1.82, 2.24) is 10.4 Å². The molecule has 1 aromatic rings. The summed E-state index contributed by atoms with van der Waals surface area (Å²) in [6, 6.07) is 4.15. The molecule has 0 fully saturated rings. The Morgan fingerprint density at radius 3 is 2.71 bits per heavy atom. The van der Waals surface area contributed by atoms with Crippen LogP contribution in [-0.2, 0) is 0 Å². The average Bonchev–Trinajstić information content (AvgIpc) is 2.26. The van der Waals surface area contributed by atoms with E-state index in [0.717, 1.165) is 13.0 Å². The lowest BCUT2D eigenvalue weighted by Gasteiger charge is -2.15. The maximum atomic E-state index is 13.1. The number of carbonyl (C=O) groups excluding carboxylic acids is 1. The molecule has 0 aliphatic rings. The fraction of sp³-hybridized carbons (Fsp3) is 0.417. The summed E-state index contributed by atoms with van der Waals surface area (Å²) in [6.45, 7) is 2.77. The van der Waals surface area contributed by atoms with Gasteiger partial charge >= 0.3 is 0 Å². The highest BCUT2D eigenvalue weighted by atomic mass is 19.1. The van der Waals surface area contributed by atoms with Crippen molar-refractivity contribution in [2.45, 2.75) is 13.3 Å². The van der Waals surface area contributed by atoms with E-state index in [4.69, 9.17) is 0 Å². The first-order chi connectivity index (χ1) is 8.04. The van der Waals surface area contributed by atoms with E-state index in [1.54, 1.807) is 20.2 Å². The number of rotatable bonds is 5. The standard InChI is InChI=1S/C12H18FN3O/c1-4-7-14-11-6-5-9(13)8-10(11)12(17)15-16(2)3/h5-6,8,14H,4,7H2,1-3H3,(H,15,17). The van der Waals surface area contributed by atoms with Crippen molar-refractivity contribution in [2.75, 3.05) is 26.0 Å². The fourth-order valence-electron chi connectivity index (χ4n) is 1.38. The number of nitrogens with zero attached hydrogens (tertiary/aromatic N) is 1. The molecule has 0 heterocycles. The molecular formula is C12H18FN3O. The van der Waals surface area contributed by atoms with Gasteiger partial charge in [0, 0.05) is 26.3 Å². The smallest absolute Gasteiger partial charge is 0.267 e. The zero-order valence-electron chi connectivity index (χ0n) is 10.4. The summed E-state index contributed by atoms with van der Waals surface area (Å²) in [7, 11) is 3.41. The van der Waals surface area contributed by atoms with E-state index < -0.39 is 5.82 Å². The van der Waals surface area contributed by atoms with Crippen LogP contribution in [0, 0.1) is 5.82 Å². The molecule has 0 bridgehead atoms. The van der Waals surface area contributed by atoms with Crippen molar-refractivity contribution in [2.24, 2.45) is 0 Å². The minimum atomic E-state index is -0.420. The van der Waals surface area contributed by atoms with Gasteiger partial charge in [0.1, 0.15) is 5.82 Å². The maximum Gasteiger partial charge on any atom is 0.267 e.